The van der Waals surface area contributed by atoms with E-state index in [-0.39, 0.29) is 17.7 Å². The molecule has 2 amide bonds. The third-order valence-corrected chi connectivity index (χ3v) is 5.31. The van der Waals surface area contributed by atoms with Crippen LogP contribution in [0.1, 0.15) is 51.9 Å². The van der Waals surface area contributed by atoms with Crippen molar-refractivity contribution >= 4 is 34.1 Å². The maximum atomic E-state index is 12.8. The lowest BCUT2D eigenvalue weighted by Crippen LogP contribution is -2.47. The van der Waals surface area contributed by atoms with E-state index in [4.69, 9.17) is 4.74 Å². The van der Waals surface area contributed by atoms with Crippen molar-refractivity contribution < 1.29 is 19.1 Å². The average molecular weight is 403 g/mol. The maximum absolute atomic E-state index is 12.8. The van der Waals surface area contributed by atoms with Crippen molar-refractivity contribution in [1.29, 1.82) is 0 Å². The zero-order valence-corrected chi connectivity index (χ0v) is 17.6. The number of hydrogen-bond donors (Lipinski definition) is 2. The first-order valence-corrected chi connectivity index (χ1v) is 10.0. The molecule has 0 aliphatic heterocycles. The van der Waals surface area contributed by atoms with Crippen molar-refractivity contribution in [2.45, 2.75) is 40.7 Å². The molecule has 7 heteroatoms. The lowest BCUT2D eigenvalue weighted by molar-refractivity contribution is -0.118. The molecule has 0 bridgehead atoms. The zero-order valence-electron chi connectivity index (χ0n) is 16.8. The number of benzene rings is 1. The fraction of sp³-hybridized carbons (Fsp3) is 0.381. The van der Waals surface area contributed by atoms with Gasteiger partial charge in [0.15, 0.2) is 0 Å². The van der Waals surface area contributed by atoms with E-state index >= 15 is 0 Å². The summed E-state index contributed by atoms with van der Waals surface area (Å²) >= 11 is 1.16. The number of carbonyl (C=O) groups is 3. The van der Waals surface area contributed by atoms with Crippen LogP contribution in [0.25, 0.3) is 0 Å². The summed E-state index contributed by atoms with van der Waals surface area (Å²) in [5.74, 6) is -1.14. The molecule has 2 N–H and O–H groups in total. The number of amides is 2. The van der Waals surface area contributed by atoms with E-state index in [0.717, 1.165) is 22.5 Å². The minimum absolute atomic E-state index is 0.111. The van der Waals surface area contributed by atoms with Crippen LogP contribution in [0.15, 0.2) is 30.3 Å². The van der Waals surface area contributed by atoms with Crippen molar-refractivity contribution in [3.63, 3.8) is 0 Å². The van der Waals surface area contributed by atoms with Crippen molar-refractivity contribution in [1.82, 2.24) is 5.32 Å². The Hall–Kier alpha value is -2.67. The molecule has 28 heavy (non-hydrogen) atoms. The predicted octanol–water partition coefficient (Wildman–Crippen LogP) is 3.93. The first-order valence-electron chi connectivity index (χ1n) is 9.18. The quantitative estimate of drug-likeness (QED) is 0.687. The molecular weight excluding hydrogens is 376 g/mol. The maximum Gasteiger partial charge on any atom is 0.348 e. The van der Waals surface area contributed by atoms with Crippen LogP contribution in [0.4, 0.5) is 5.00 Å². The van der Waals surface area contributed by atoms with E-state index in [1.165, 1.54) is 0 Å². The number of nitrogens with one attached hydrogen (secondary N) is 2. The molecular formula is C21H26N2O4S. The lowest BCUT2D eigenvalue weighted by atomic mass is 10.0. The van der Waals surface area contributed by atoms with Crippen LogP contribution < -0.4 is 10.6 Å². The third-order valence-electron chi connectivity index (χ3n) is 4.17. The molecule has 0 saturated heterocycles. The third kappa shape index (κ3) is 5.42. The van der Waals surface area contributed by atoms with E-state index in [1.807, 2.05) is 32.9 Å². The second kappa shape index (κ2) is 9.50. The Labute approximate surface area is 169 Å². The van der Waals surface area contributed by atoms with Gasteiger partial charge in [-0.25, -0.2) is 4.79 Å². The highest BCUT2D eigenvalue weighted by atomic mass is 32.1. The number of anilines is 1. The van der Waals surface area contributed by atoms with Crippen molar-refractivity contribution in [2.75, 3.05) is 11.9 Å². The fourth-order valence-electron chi connectivity index (χ4n) is 2.61. The Balaban J connectivity index is 2.11. The molecule has 1 aromatic carbocycles. The largest absolute Gasteiger partial charge is 0.462 e. The van der Waals surface area contributed by atoms with Crippen LogP contribution in [0.2, 0.25) is 0 Å². The number of rotatable bonds is 7. The molecule has 0 aliphatic carbocycles. The summed E-state index contributed by atoms with van der Waals surface area (Å²) in [4.78, 5) is 37.7. The van der Waals surface area contributed by atoms with E-state index < -0.39 is 12.0 Å². The summed E-state index contributed by atoms with van der Waals surface area (Å²) in [6.07, 6.45) is 0. The van der Waals surface area contributed by atoms with Crippen LogP contribution in [-0.4, -0.2) is 30.4 Å². The SMILES string of the molecule is CCOC(=O)c1sc(NC(=O)C(NC(=O)c2ccc(C)cc2)C(C)C)cc1C. The predicted molar refractivity (Wildman–Crippen MR) is 111 cm³/mol. The number of carbonyl (C=O) groups excluding carboxylic acids is 3. The lowest BCUT2D eigenvalue weighted by Gasteiger charge is -2.21. The summed E-state index contributed by atoms with van der Waals surface area (Å²) in [5, 5.41) is 6.15. The van der Waals surface area contributed by atoms with Crippen LogP contribution in [0.5, 0.6) is 0 Å². The van der Waals surface area contributed by atoms with Gasteiger partial charge in [0.2, 0.25) is 5.91 Å². The fourth-order valence-corrected chi connectivity index (χ4v) is 3.58. The highest BCUT2D eigenvalue weighted by Gasteiger charge is 2.26. The molecule has 1 aromatic heterocycles. The van der Waals surface area contributed by atoms with Gasteiger partial charge < -0.3 is 15.4 Å². The van der Waals surface area contributed by atoms with Crippen molar-refractivity contribution in [2.24, 2.45) is 5.92 Å². The molecule has 1 heterocycles. The Kier molecular flexibility index (Phi) is 7.34. The van der Waals surface area contributed by atoms with E-state index in [2.05, 4.69) is 10.6 Å². The highest BCUT2D eigenvalue weighted by Crippen LogP contribution is 2.27. The van der Waals surface area contributed by atoms with Gasteiger partial charge in [-0.2, -0.15) is 0 Å². The van der Waals surface area contributed by atoms with Gasteiger partial charge >= 0.3 is 5.97 Å². The van der Waals surface area contributed by atoms with E-state index in [0.29, 0.717) is 22.0 Å². The van der Waals surface area contributed by atoms with E-state index in [9.17, 15) is 14.4 Å². The molecule has 1 unspecified atom stereocenters. The second-order valence-electron chi connectivity index (χ2n) is 6.89. The topological polar surface area (TPSA) is 84.5 Å². The van der Waals surface area contributed by atoms with Crippen LogP contribution in [-0.2, 0) is 9.53 Å². The minimum Gasteiger partial charge on any atom is -0.462 e. The molecule has 0 fully saturated rings. The number of esters is 1. The normalized spacial score (nSPS) is 11.8. The smallest absolute Gasteiger partial charge is 0.348 e. The molecule has 1 atom stereocenters. The van der Waals surface area contributed by atoms with Crippen LogP contribution in [0, 0.1) is 19.8 Å². The van der Waals surface area contributed by atoms with Gasteiger partial charge in [-0.1, -0.05) is 31.5 Å². The van der Waals surface area contributed by atoms with Gasteiger partial charge in [-0.15, -0.1) is 11.3 Å². The molecule has 0 aliphatic rings. The number of ether oxygens (including phenoxy) is 1. The van der Waals surface area contributed by atoms with Crippen LogP contribution in [0.3, 0.4) is 0 Å². The summed E-state index contributed by atoms with van der Waals surface area (Å²) < 4.78 is 5.02. The number of aryl methyl sites for hydroxylation is 2. The Morgan fingerprint density at radius 3 is 2.32 bits per heavy atom. The molecule has 0 saturated carbocycles. The van der Waals surface area contributed by atoms with Gasteiger partial charge in [-0.05, 0) is 50.5 Å². The molecule has 2 aromatic rings. The van der Waals surface area contributed by atoms with Gasteiger partial charge in [0, 0.05) is 5.56 Å². The molecule has 150 valence electrons. The highest BCUT2D eigenvalue weighted by molar-refractivity contribution is 7.18. The Morgan fingerprint density at radius 2 is 1.75 bits per heavy atom. The molecule has 6 nitrogen and oxygen atoms in total. The first kappa shape index (κ1) is 21.6. The van der Waals surface area contributed by atoms with Gasteiger partial charge in [0.1, 0.15) is 10.9 Å². The summed E-state index contributed by atoms with van der Waals surface area (Å²) in [6, 6.07) is 8.19. The average Bonchev–Trinajstić information content (AvgIpc) is 3.00. The van der Waals surface area contributed by atoms with Crippen molar-refractivity contribution in [3.05, 3.63) is 51.9 Å². The van der Waals surface area contributed by atoms with E-state index in [1.54, 1.807) is 32.0 Å². The van der Waals surface area contributed by atoms with Crippen molar-refractivity contribution in [3.8, 4) is 0 Å². The molecule has 2 rings (SSSR count). The molecule has 0 spiro atoms. The molecule has 0 radical (unpaired) electrons. The number of thiophene rings is 1. The first-order chi connectivity index (χ1) is 13.2. The minimum atomic E-state index is -0.706. The summed E-state index contributed by atoms with van der Waals surface area (Å²) in [6.45, 7) is 9.50. The van der Waals surface area contributed by atoms with Crippen LogP contribution >= 0.6 is 11.3 Å². The Bertz CT molecular complexity index is 856. The summed E-state index contributed by atoms with van der Waals surface area (Å²) in [5.41, 5.74) is 2.30. The number of hydrogen-bond acceptors (Lipinski definition) is 5. The van der Waals surface area contributed by atoms with Gasteiger partial charge in [0.25, 0.3) is 5.91 Å². The van der Waals surface area contributed by atoms with Gasteiger partial charge in [-0.3, -0.25) is 9.59 Å². The monoisotopic (exact) mass is 402 g/mol. The second-order valence-corrected chi connectivity index (χ2v) is 7.95. The standard InChI is InChI=1S/C21H26N2O4S/c1-6-27-21(26)18-14(5)11-16(28-18)22-20(25)17(12(2)3)23-19(24)15-9-7-13(4)8-10-15/h7-12,17H,6H2,1-5H3,(H,22,25)(H,23,24). The van der Waals surface area contributed by atoms with Gasteiger partial charge in [0.05, 0.1) is 11.6 Å². The Morgan fingerprint density at radius 1 is 1.11 bits per heavy atom. The summed E-state index contributed by atoms with van der Waals surface area (Å²) in [7, 11) is 0. The zero-order chi connectivity index (χ0) is 20.8.